The van der Waals surface area contributed by atoms with Gasteiger partial charge in [-0.25, -0.2) is 0 Å². The zero-order valence-electron chi connectivity index (χ0n) is 10.9. The van der Waals surface area contributed by atoms with E-state index in [0.717, 1.165) is 25.2 Å². The van der Waals surface area contributed by atoms with Gasteiger partial charge in [0.2, 0.25) is 0 Å². The molecule has 98 valence electrons. The van der Waals surface area contributed by atoms with Crippen molar-refractivity contribution in [2.75, 3.05) is 13.1 Å². The Bertz CT molecular complexity index is 390. The summed E-state index contributed by atoms with van der Waals surface area (Å²) in [5, 5.41) is 18.7. The van der Waals surface area contributed by atoms with Crippen LogP contribution in [-0.4, -0.2) is 47.4 Å². The maximum Gasteiger partial charge on any atom is 0.488 e. The highest BCUT2D eigenvalue weighted by atomic mass is 16.5. The number of nitrogens with zero attached hydrogens (tertiary/aromatic N) is 1. The van der Waals surface area contributed by atoms with E-state index in [2.05, 4.69) is 18.7 Å². The third kappa shape index (κ3) is 3.33. The van der Waals surface area contributed by atoms with E-state index in [4.69, 9.17) is 4.74 Å². The fraction of sp³-hybridized carbons (Fsp3) is 0.538. The number of hydrogen-bond acceptors (Lipinski definition) is 4. The molecule has 1 fully saturated rings. The Morgan fingerprint density at radius 1 is 1.22 bits per heavy atom. The van der Waals surface area contributed by atoms with Crippen molar-refractivity contribution in [3.8, 4) is 0 Å². The Morgan fingerprint density at radius 2 is 1.83 bits per heavy atom. The van der Waals surface area contributed by atoms with Gasteiger partial charge in [0.25, 0.3) is 0 Å². The maximum absolute atomic E-state index is 9.35. The molecule has 1 aromatic carbocycles. The molecule has 2 rings (SSSR count). The quantitative estimate of drug-likeness (QED) is 0.739. The van der Waals surface area contributed by atoms with Crippen LogP contribution < -0.4 is 5.46 Å². The number of ether oxygens (including phenoxy) is 1. The van der Waals surface area contributed by atoms with E-state index in [9.17, 15) is 10.0 Å². The van der Waals surface area contributed by atoms with Gasteiger partial charge < -0.3 is 14.8 Å². The van der Waals surface area contributed by atoms with Crippen molar-refractivity contribution in [1.29, 1.82) is 0 Å². The average molecular weight is 249 g/mol. The summed E-state index contributed by atoms with van der Waals surface area (Å²) >= 11 is 0. The fourth-order valence-electron chi connectivity index (χ4n) is 2.58. The minimum absolute atomic E-state index is 0.222. The topological polar surface area (TPSA) is 52.9 Å². The number of benzene rings is 1. The lowest BCUT2D eigenvalue weighted by molar-refractivity contribution is -0.0704. The van der Waals surface area contributed by atoms with Crippen LogP contribution in [0.1, 0.15) is 19.4 Å². The van der Waals surface area contributed by atoms with Crippen LogP contribution in [-0.2, 0) is 11.3 Å². The minimum atomic E-state index is -1.41. The monoisotopic (exact) mass is 249 g/mol. The van der Waals surface area contributed by atoms with Gasteiger partial charge in [-0.15, -0.1) is 0 Å². The summed E-state index contributed by atoms with van der Waals surface area (Å²) in [6.07, 6.45) is 0.444. The molecular formula is C13H20BNO3. The smallest absolute Gasteiger partial charge is 0.423 e. The molecule has 18 heavy (non-hydrogen) atoms. The summed E-state index contributed by atoms with van der Waals surface area (Å²) in [5.74, 6) is 0. The van der Waals surface area contributed by atoms with Crippen molar-refractivity contribution in [3.05, 3.63) is 29.8 Å². The molecule has 0 saturated carbocycles. The summed E-state index contributed by atoms with van der Waals surface area (Å²) in [4.78, 5) is 2.29. The third-order valence-electron chi connectivity index (χ3n) is 3.22. The van der Waals surface area contributed by atoms with E-state index in [1.807, 2.05) is 18.2 Å². The van der Waals surface area contributed by atoms with Gasteiger partial charge in [0, 0.05) is 19.6 Å². The lowest BCUT2D eigenvalue weighted by atomic mass is 9.77. The molecular weight excluding hydrogens is 229 g/mol. The maximum atomic E-state index is 9.35. The van der Waals surface area contributed by atoms with Crippen molar-refractivity contribution >= 4 is 12.6 Å². The zero-order valence-corrected chi connectivity index (χ0v) is 10.9. The first-order valence-electron chi connectivity index (χ1n) is 6.38. The van der Waals surface area contributed by atoms with E-state index >= 15 is 0 Å². The van der Waals surface area contributed by atoms with E-state index in [-0.39, 0.29) is 12.2 Å². The highest BCUT2D eigenvalue weighted by molar-refractivity contribution is 6.59. The molecule has 0 aromatic heterocycles. The predicted octanol–water partition coefficient (Wildman–Crippen LogP) is -0.0244. The highest BCUT2D eigenvalue weighted by Gasteiger charge is 2.24. The van der Waals surface area contributed by atoms with Crippen LogP contribution >= 0.6 is 0 Å². The second-order valence-corrected chi connectivity index (χ2v) is 5.02. The van der Waals surface area contributed by atoms with Crippen LogP contribution in [0.15, 0.2) is 24.3 Å². The predicted molar refractivity (Wildman–Crippen MR) is 71.6 cm³/mol. The first kappa shape index (κ1) is 13.6. The molecule has 0 aliphatic carbocycles. The van der Waals surface area contributed by atoms with Gasteiger partial charge in [0.15, 0.2) is 0 Å². The lowest BCUT2D eigenvalue weighted by Crippen LogP contribution is -2.46. The molecule has 4 nitrogen and oxygen atoms in total. The normalized spacial score (nSPS) is 25.1. The van der Waals surface area contributed by atoms with Gasteiger partial charge in [0.1, 0.15) is 0 Å². The molecule has 1 heterocycles. The summed E-state index contributed by atoms with van der Waals surface area (Å²) in [5.41, 5.74) is 1.55. The molecule has 0 spiro atoms. The van der Waals surface area contributed by atoms with Crippen molar-refractivity contribution in [2.45, 2.75) is 32.6 Å². The van der Waals surface area contributed by atoms with Crippen molar-refractivity contribution in [2.24, 2.45) is 0 Å². The summed E-state index contributed by atoms with van der Waals surface area (Å²) in [6, 6.07) is 7.45. The summed E-state index contributed by atoms with van der Waals surface area (Å²) in [7, 11) is -1.41. The standard InChI is InChI=1S/C13H20BNO3/c1-10-7-15(8-11(2)18-10)9-12-5-3-4-6-13(12)14(16)17/h3-6,10-11,16-17H,7-9H2,1-2H3/t10-,11+. The largest absolute Gasteiger partial charge is 0.488 e. The van der Waals surface area contributed by atoms with Gasteiger partial charge in [-0.1, -0.05) is 24.3 Å². The Kier molecular flexibility index (Phi) is 4.40. The summed E-state index contributed by atoms with van der Waals surface area (Å²) < 4.78 is 5.69. The molecule has 1 aliphatic heterocycles. The zero-order chi connectivity index (χ0) is 13.1. The number of morpholine rings is 1. The molecule has 2 atom stereocenters. The van der Waals surface area contributed by atoms with Crippen LogP contribution in [0.25, 0.3) is 0 Å². The first-order chi connectivity index (χ1) is 8.56. The third-order valence-corrected chi connectivity index (χ3v) is 3.22. The first-order valence-corrected chi connectivity index (χ1v) is 6.38. The molecule has 2 N–H and O–H groups in total. The highest BCUT2D eigenvalue weighted by Crippen LogP contribution is 2.13. The fourth-order valence-corrected chi connectivity index (χ4v) is 2.58. The van der Waals surface area contributed by atoms with Gasteiger partial charge in [-0.3, -0.25) is 4.90 Å². The van der Waals surface area contributed by atoms with E-state index in [1.54, 1.807) is 6.07 Å². The summed E-state index contributed by atoms with van der Waals surface area (Å²) in [6.45, 7) is 6.61. The Labute approximate surface area is 108 Å². The van der Waals surface area contributed by atoms with E-state index in [0.29, 0.717) is 5.46 Å². The van der Waals surface area contributed by atoms with Crippen LogP contribution in [0.4, 0.5) is 0 Å². The Morgan fingerprint density at radius 3 is 2.44 bits per heavy atom. The van der Waals surface area contributed by atoms with E-state index in [1.165, 1.54) is 0 Å². The number of hydrogen-bond donors (Lipinski definition) is 2. The minimum Gasteiger partial charge on any atom is -0.423 e. The van der Waals surface area contributed by atoms with Gasteiger partial charge >= 0.3 is 7.12 Å². The van der Waals surface area contributed by atoms with Gasteiger partial charge in [0.05, 0.1) is 12.2 Å². The van der Waals surface area contributed by atoms with Crippen molar-refractivity contribution in [1.82, 2.24) is 4.90 Å². The molecule has 0 unspecified atom stereocenters. The second kappa shape index (κ2) is 5.84. The molecule has 1 aromatic rings. The molecule has 1 aliphatic rings. The molecule has 1 saturated heterocycles. The van der Waals surface area contributed by atoms with Crippen LogP contribution in [0, 0.1) is 0 Å². The molecule has 0 bridgehead atoms. The van der Waals surface area contributed by atoms with Crippen molar-refractivity contribution < 1.29 is 14.8 Å². The molecule has 0 radical (unpaired) electrons. The Balaban J connectivity index is 2.09. The van der Waals surface area contributed by atoms with Crippen molar-refractivity contribution in [3.63, 3.8) is 0 Å². The average Bonchev–Trinajstić information content (AvgIpc) is 2.27. The Hall–Kier alpha value is -0.875. The molecule has 5 heteroatoms. The lowest BCUT2D eigenvalue weighted by Gasteiger charge is -2.35. The number of rotatable bonds is 3. The second-order valence-electron chi connectivity index (χ2n) is 5.02. The van der Waals surface area contributed by atoms with E-state index < -0.39 is 7.12 Å². The molecule has 0 amide bonds. The van der Waals surface area contributed by atoms with Crippen LogP contribution in [0.3, 0.4) is 0 Å². The van der Waals surface area contributed by atoms with Crippen LogP contribution in [0.2, 0.25) is 0 Å². The van der Waals surface area contributed by atoms with Gasteiger partial charge in [-0.05, 0) is 24.9 Å². The SMILES string of the molecule is C[C@@H]1CN(Cc2ccccc2B(O)O)C[C@H](C)O1. The van der Waals surface area contributed by atoms with Gasteiger partial charge in [-0.2, -0.15) is 0 Å². The van der Waals surface area contributed by atoms with Crippen LogP contribution in [0.5, 0.6) is 0 Å².